The Hall–Kier alpha value is -7.21. The molecule has 0 unspecified atom stereocenters. The molecular formula is C57H42N4S. The number of benzene rings is 8. The van der Waals surface area contributed by atoms with Gasteiger partial charge in [0.25, 0.3) is 0 Å². The van der Waals surface area contributed by atoms with E-state index in [-0.39, 0.29) is 10.8 Å². The van der Waals surface area contributed by atoms with Crippen molar-refractivity contribution < 1.29 is 0 Å². The van der Waals surface area contributed by atoms with Gasteiger partial charge in [0.2, 0.25) is 0 Å². The van der Waals surface area contributed by atoms with E-state index in [9.17, 15) is 0 Å². The van der Waals surface area contributed by atoms with Crippen LogP contribution in [0.15, 0.2) is 182 Å². The quantitative estimate of drug-likeness (QED) is 0.168. The Balaban J connectivity index is 1.10. The van der Waals surface area contributed by atoms with E-state index in [1.807, 2.05) is 47.7 Å². The highest BCUT2D eigenvalue weighted by Gasteiger charge is 2.39. The summed E-state index contributed by atoms with van der Waals surface area (Å²) in [6.45, 7) is 9.45. The molecule has 8 aromatic carbocycles. The molecule has 0 radical (unpaired) electrons. The molecule has 0 atom stereocenters. The molecule has 4 nitrogen and oxygen atoms in total. The first-order chi connectivity index (χ1) is 30.3. The van der Waals surface area contributed by atoms with E-state index in [0.717, 1.165) is 33.5 Å². The molecule has 0 saturated heterocycles. The summed E-state index contributed by atoms with van der Waals surface area (Å²) < 4.78 is 2.41. The number of thiophene rings is 1. The Kier molecular flexibility index (Phi) is 8.06. The van der Waals surface area contributed by atoms with Crippen molar-refractivity contribution in [2.75, 3.05) is 4.90 Å². The van der Waals surface area contributed by atoms with E-state index < -0.39 is 0 Å². The number of hydrogen-bond donors (Lipinski definition) is 0. The van der Waals surface area contributed by atoms with Gasteiger partial charge < -0.3 is 4.90 Å². The maximum absolute atomic E-state index is 5.20. The van der Waals surface area contributed by atoms with Crippen molar-refractivity contribution in [3.63, 3.8) is 0 Å². The molecule has 62 heavy (non-hydrogen) atoms. The highest BCUT2D eigenvalue weighted by Crippen LogP contribution is 2.56. The smallest absolute Gasteiger partial charge is 0.164 e. The van der Waals surface area contributed by atoms with Gasteiger partial charge in [-0.15, -0.1) is 11.3 Å². The lowest BCUT2D eigenvalue weighted by atomic mass is 9.82. The van der Waals surface area contributed by atoms with Crippen molar-refractivity contribution in [1.29, 1.82) is 0 Å². The van der Waals surface area contributed by atoms with Gasteiger partial charge in [-0.05, 0) is 81.4 Å². The van der Waals surface area contributed by atoms with Gasteiger partial charge in [0, 0.05) is 64.6 Å². The summed E-state index contributed by atoms with van der Waals surface area (Å²) in [4.78, 5) is 17.9. The van der Waals surface area contributed by atoms with E-state index in [0.29, 0.717) is 17.5 Å². The Morgan fingerprint density at radius 3 is 1.66 bits per heavy atom. The van der Waals surface area contributed by atoms with Gasteiger partial charge in [0.1, 0.15) is 0 Å². The van der Waals surface area contributed by atoms with Crippen LogP contribution in [0.25, 0.3) is 76.6 Å². The number of anilines is 3. The molecule has 2 aliphatic rings. The number of fused-ring (bicyclic) bond motifs is 9. The van der Waals surface area contributed by atoms with Crippen molar-refractivity contribution in [3.05, 3.63) is 204 Å². The molecule has 0 bridgehead atoms. The first-order valence-corrected chi connectivity index (χ1v) is 22.2. The van der Waals surface area contributed by atoms with Gasteiger partial charge in [-0.2, -0.15) is 0 Å². The fourth-order valence-corrected chi connectivity index (χ4v) is 11.4. The van der Waals surface area contributed by atoms with Crippen LogP contribution in [-0.2, 0) is 10.8 Å². The molecule has 2 aromatic heterocycles. The van der Waals surface area contributed by atoms with Crippen molar-refractivity contribution in [1.82, 2.24) is 15.0 Å². The second-order valence-electron chi connectivity index (χ2n) is 17.6. The summed E-state index contributed by atoms with van der Waals surface area (Å²) >= 11 is 1.81. The topological polar surface area (TPSA) is 41.9 Å². The second-order valence-corrected chi connectivity index (χ2v) is 18.7. The van der Waals surface area contributed by atoms with Crippen LogP contribution in [0.1, 0.15) is 49.9 Å². The molecule has 2 heterocycles. The number of hydrogen-bond acceptors (Lipinski definition) is 5. The number of rotatable bonds is 6. The Morgan fingerprint density at radius 2 is 0.935 bits per heavy atom. The van der Waals surface area contributed by atoms with E-state index in [1.54, 1.807) is 0 Å². The highest BCUT2D eigenvalue weighted by molar-refractivity contribution is 7.26. The Labute approximate surface area is 365 Å². The molecule has 0 aliphatic heterocycles. The summed E-state index contributed by atoms with van der Waals surface area (Å²) in [7, 11) is 0. The molecule has 0 amide bonds. The molecular weight excluding hydrogens is 773 g/mol. The van der Waals surface area contributed by atoms with Crippen LogP contribution < -0.4 is 4.90 Å². The van der Waals surface area contributed by atoms with Crippen LogP contribution in [-0.4, -0.2) is 15.0 Å². The van der Waals surface area contributed by atoms with E-state index >= 15 is 0 Å². The van der Waals surface area contributed by atoms with Crippen LogP contribution in [0.3, 0.4) is 0 Å². The third-order valence-corrected chi connectivity index (χ3v) is 14.5. The molecule has 296 valence electrons. The average Bonchev–Trinajstić information content (AvgIpc) is 3.89. The van der Waals surface area contributed by atoms with Crippen LogP contribution in [0, 0.1) is 0 Å². The summed E-state index contributed by atoms with van der Waals surface area (Å²) in [6.07, 6.45) is 0. The minimum Gasteiger partial charge on any atom is -0.310 e. The first-order valence-electron chi connectivity index (χ1n) is 21.4. The molecule has 12 rings (SSSR count). The van der Waals surface area contributed by atoms with Gasteiger partial charge in [-0.3, -0.25) is 0 Å². The van der Waals surface area contributed by atoms with Gasteiger partial charge in [-0.1, -0.05) is 167 Å². The van der Waals surface area contributed by atoms with Crippen LogP contribution >= 0.6 is 11.3 Å². The SMILES string of the molecule is CC1(C)c2ccccc2-c2ccc(N(c3ccc4sc5cccc(-c6nc(-c7ccccc7)nc(-c7ccccc7)n6)c5c4c3)c3cccc4c3-c3ccccc3C4(C)C)cc21. The summed E-state index contributed by atoms with van der Waals surface area (Å²) in [5, 5.41) is 2.32. The van der Waals surface area contributed by atoms with E-state index in [4.69, 9.17) is 15.0 Å². The van der Waals surface area contributed by atoms with Crippen molar-refractivity contribution in [2.45, 2.75) is 38.5 Å². The van der Waals surface area contributed by atoms with Gasteiger partial charge in [0.15, 0.2) is 17.5 Å². The van der Waals surface area contributed by atoms with Gasteiger partial charge in [-0.25, -0.2) is 15.0 Å². The lowest BCUT2D eigenvalue weighted by Crippen LogP contribution is -2.17. The van der Waals surface area contributed by atoms with Crippen LogP contribution in [0.5, 0.6) is 0 Å². The Morgan fingerprint density at radius 1 is 0.403 bits per heavy atom. The van der Waals surface area contributed by atoms with E-state index in [1.165, 1.54) is 65.0 Å². The maximum atomic E-state index is 5.20. The molecule has 0 saturated carbocycles. The monoisotopic (exact) mass is 814 g/mol. The van der Waals surface area contributed by atoms with Gasteiger partial charge >= 0.3 is 0 Å². The predicted molar refractivity (Wildman–Crippen MR) is 259 cm³/mol. The molecule has 0 fully saturated rings. The summed E-state index contributed by atoms with van der Waals surface area (Å²) in [5.41, 5.74) is 16.7. The summed E-state index contributed by atoms with van der Waals surface area (Å²) in [5.74, 6) is 1.96. The standard InChI is InChI=1S/C57H42N4S/c1-56(2)45-25-14-12-22-41(45)52-46(56)26-16-27-48(52)61(38-29-31-40-39-21-11-13-24-44(39)57(3,4)47(40)34-38)37-30-32-49-43(33-37)51-42(23-15-28-50(51)62-49)55-59-53(35-17-7-5-8-18-35)58-54(60-55)36-19-9-6-10-20-36/h5-34H,1-4H3. The average molecular weight is 815 g/mol. The third-order valence-electron chi connectivity index (χ3n) is 13.3. The minimum absolute atomic E-state index is 0.140. The lowest BCUT2D eigenvalue weighted by molar-refractivity contribution is 0.660. The fourth-order valence-electron chi connectivity index (χ4n) is 10.2. The predicted octanol–water partition coefficient (Wildman–Crippen LogP) is 15.3. The van der Waals surface area contributed by atoms with Crippen molar-refractivity contribution >= 4 is 48.6 Å². The van der Waals surface area contributed by atoms with Crippen molar-refractivity contribution in [2.24, 2.45) is 0 Å². The third kappa shape index (κ3) is 5.48. The first kappa shape index (κ1) is 36.6. The normalized spacial score (nSPS) is 14.1. The molecule has 0 N–H and O–H groups in total. The fraction of sp³-hybridized carbons (Fsp3) is 0.105. The zero-order valence-corrected chi connectivity index (χ0v) is 35.8. The van der Waals surface area contributed by atoms with E-state index in [2.05, 4.69) is 178 Å². The van der Waals surface area contributed by atoms with Crippen LogP contribution in [0.4, 0.5) is 17.1 Å². The highest BCUT2D eigenvalue weighted by atomic mass is 32.1. The zero-order valence-electron chi connectivity index (χ0n) is 35.0. The second kappa shape index (κ2) is 13.7. The zero-order chi connectivity index (χ0) is 41.7. The molecule has 0 spiro atoms. The summed E-state index contributed by atoms with van der Waals surface area (Å²) in [6, 6.07) is 65.8. The van der Waals surface area contributed by atoms with Crippen LogP contribution in [0.2, 0.25) is 0 Å². The molecule has 10 aromatic rings. The van der Waals surface area contributed by atoms with Gasteiger partial charge in [0.05, 0.1) is 5.69 Å². The maximum Gasteiger partial charge on any atom is 0.164 e. The number of aromatic nitrogens is 3. The molecule has 5 heteroatoms. The Bertz CT molecular complexity index is 3360. The van der Waals surface area contributed by atoms with Crippen molar-refractivity contribution in [3.8, 4) is 56.4 Å². The minimum atomic E-state index is -0.148. The largest absolute Gasteiger partial charge is 0.310 e. The number of nitrogens with zero attached hydrogens (tertiary/aromatic N) is 4. The lowest BCUT2D eigenvalue weighted by Gasteiger charge is -2.30. The molecule has 2 aliphatic carbocycles.